The van der Waals surface area contributed by atoms with Gasteiger partial charge < -0.3 is 10.1 Å². The standard InChI is InChI=1S/C12H13Cl2NO4S/c13-10-6-9(3-4-11(10)20(14,17)18)15-12(16)8-2-1-5-19-7-8/h3-4,6,8H,1-2,5,7H2,(H,15,16). The average molecular weight is 338 g/mol. The van der Waals surface area contributed by atoms with Crippen molar-refractivity contribution in [2.75, 3.05) is 18.5 Å². The van der Waals surface area contributed by atoms with Crippen molar-refractivity contribution in [1.82, 2.24) is 0 Å². The topological polar surface area (TPSA) is 72.5 Å². The van der Waals surface area contributed by atoms with Crippen molar-refractivity contribution in [2.45, 2.75) is 17.7 Å². The molecule has 1 heterocycles. The van der Waals surface area contributed by atoms with Crippen molar-refractivity contribution in [3.63, 3.8) is 0 Å². The summed E-state index contributed by atoms with van der Waals surface area (Å²) in [6.07, 6.45) is 1.62. The van der Waals surface area contributed by atoms with Crippen LogP contribution in [0.5, 0.6) is 0 Å². The minimum absolute atomic E-state index is 0.0299. The van der Waals surface area contributed by atoms with Gasteiger partial charge in [0.2, 0.25) is 5.91 Å². The van der Waals surface area contributed by atoms with Gasteiger partial charge in [0.25, 0.3) is 9.05 Å². The van der Waals surface area contributed by atoms with Gasteiger partial charge >= 0.3 is 0 Å². The third-order valence-electron chi connectivity index (χ3n) is 2.99. The fourth-order valence-electron chi connectivity index (χ4n) is 1.97. The van der Waals surface area contributed by atoms with Crippen LogP contribution in [0.25, 0.3) is 0 Å². The van der Waals surface area contributed by atoms with Crippen molar-refractivity contribution in [1.29, 1.82) is 0 Å². The molecule has 0 aliphatic carbocycles. The lowest BCUT2D eigenvalue weighted by Gasteiger charge is -2.21. The third-order valence-corrected chi connectivity index (χ3v) is 4.80. The molecule has 2 rings (SSSR count). The van der Waals surface area contributed by atoms with Gasteiger partial charge in [-0.05, 0) is 31.0 Å². The normalized spacial score (nSPS) is 19.6. The summed E-state index contributed by atoms with van der Waals surface area (Å²) in [5.41, 5.74) is 0.426. The molecule has 5 nitrogen and oxygen atoms in total. The highest BCUT2D eigenvalue weighted by Gasteiger charge is 2.22. The average Bonchev–Trinajstić information content (AvgIpc) is 2.38. The van der Waals surface area contributed by atoms with Crippen molar-refractivity contribution < 1.29 is 17.9 Å². The number of rotatable bonds is 3. The van der Waals surface area contributed by atoms with E-state index in [1.54, 1.807) is 0 Å². The lowest BCUT2D eigenvalue weighted by atomic mass is 10.0. The number of anilines is 1. The molecule has 1 fully saturated rings. The van der Waals surface area contributed by atoms with Crippen molar-refractivity contribution >= 4 is 42.9 Å². The summed E-state index contributed by atoms with van der Waals surface area (Å²) < 4.78 is 27.7. The number of carbonyl (C=O) groups excluding carboxylic acids is 1. The fourth-order valence-corrected chi connectivity index (χ4v) is 3.50. The summed E-state index contributed by atoms with van der Waals surface area (Å²) in [7, 11) is 1.34. The van der Waals surface area contributed by atoms with Gasteiger partial charge in [0.05, 0.1) is 17.5 Å². The van der Waals surface area contributed by atoms with E-state index in [0.717, 1.165) is 12.8 Å². The lowest BCUT2D eigenvalue weighted by molar-refractivity contribution is -0.123. The van der Waals surface area contributed by atoms with Gasteiger partial charge in [0.1, 0.15) is 4.90 Å². The Kier molecular flexibility index (Phi) is 4.90. The number of hydrogen-bond donors (Lipinski definition) is 1. The molecule has 1 atom stereocenters. The Labute approximate surface area is 126 Å². The first-order chi connectivity index (χ1) is 9.38. The molecular formula is C12H13Cl2NO4S. The highest BCUT2D eigenvalue weighted by atomic mass is 35.7. The molecule has 0 bridgehead atoms. The van der Waals surface area contributed by atoms with Gasteiger partial charge in [-0.3, -0.25) is 4.79 Å². The van der Waals surface area contributed by atoms with Crippen LogP contribution >= 0.6 is 22.3 Å². The monoisotopic (exact) mass is 337 g/mol. The second kappa shape index (κ2) is 6.30. The number of nitrogens with one attached hydrogen (secondary N) is 1. The molecule has 1 saturated heterocycles. The molecule has 1 aliphatic rings. The number of carbonyl (C=O) groups is 1. The van der Waals surface area contributed by atoms with E-state index in [0.29, 0.717) is 18.9 Å². The summed E-state index contributed by atoms with van der Waals surface area (Å²) in [6, 6.07) is 4.07. The van der Waals surface area contributed by atoms with Crippen LogP contribution in [0.3, 0.4) is 0 Å². The van der Waals surface area contributed by atoms with Crippen LogP contribution < -0.4 is 5.32 Å². The predicted octanol–water partition coefficient (Wildman–Crippen LogP) is 2.63. The molecule has 1 aliphatic heterocycles. The molecule has 1 amide bonds. The molecule has 0 radical (unpaired) electrons. The van der Waals surface area contributed by atoms with Gasteiger partial charge in [-0.25, -0.2) is 8.42 Å². The number of hydrogen-bond acceptors (Lipinski definition) is 4. The summed E-state index contributed by atoms with van der Waals surface area (Å²) in [5.74, 6) is -0.360. The highest BCUT2D eigenvalue weighted by molar-refractivity contribution is 8.13. The molecule has 1 aromatic carbocycles. The molecular weight excluding hydrogens is 325 g/mol. The van der Waals surface area contributed by atoms with E-state index < -0.39 is 9.05 Å². The molecule has 0 aromatic heterocycles. The smallest absolute Gasteiger partial charge is 0.262 e. The molecule has 0 spiro atoms. The quantitative estimate of drug-likeness (QED) is 0.860. The Balaban J connectivity index is 2.10. The fraction of sp³-hybridized carbons (Fsp3) is 0.417. The summed E-state index contributed by atoms with van der Waals surface area (Å²) in [5, 5.41) is 2.66. The maximum Gasteiger partial charge on any atom is 0.262 e. The summed E-state index contributed by atoms with van der Waals surface area (Å²) >= 11 is 5.84. The molecule has 1 unspecified atom stereocenters. The second-order valence-corrected chi connectivity index (χ2v) is 7.43. The molecule has 20 heavy (non-hydrogen) atoms. The third kappa shape index (κ3) is 3.85. The SMILES string of the molecule is O=C(Nc1ccc(S(=O)(=O)Cl)c(Cl)c1)C1CCCOC1. The van der Waals surface area contributed by atoms with E-state index in [2.05, 4.69) is 5.32 Å². The summed E-state index contributed by atoms with van der Waals surface area (Å²) in [4.78, 5) is 11.8. The van der Waals surface area contributed by atoms with Crippen LogP contribution in [0.1, 0.15) is 12.8 Å². The maximum atomic E-state index is 12.0. The van der Waals surface area contributed by atoms with E-state index >= 15 is 0 Å². The second-order valence-electron chi connectivity index (χ2n) is 4.49. The Morgan fingerprint density at radius 1 is 1.40 bits per heavy atom. The minimum atomic E-state index is -3.89. The largest absolute Gasteiger partial charge is 0.381 e. The molecule has 110 valence electrons. The van der Waals surface area contributed by atoms with Crippen LogP contribution in [0, 0.1) is 5.92 Å². The zero-order valence-corrected chi connectivity index (χ0v) is 12.8. The van der Waals surface area contributed by atoms with Gasteiger partial charge in [0.15, 0.2) is 0 Å². The van der Waals surface area contributed by atoms with E-state index in [-0.39, 0.29) is 21.7 Å². The van der Waals surface area contributed by atoms with Crippen LogP contribution in [-0.2, 0) is 18.6 Å². The van der Waals surface area contributed by atoms with E-state index in [4.69, 9.17) is 27.0 Å². The number of amides is 1. The Morgan fingerprint density at radius 3 is 2.70 bits per heavy atom. The lowest BCUT2D eigenvalue weighted by Crippen LogP contribution is -2.30. The number of benzene rings is 1. The molecule has 1 aromatic rings. The maximum absolute atomic E-state index is 12.0. The van der Waals surface area contributed by atoms with Gasteiger partial charge in [-0.1, -0.05) is 11.6 Å². The zero-order valence-electron chi connectivity index (χ0n) is 10.4. The Hall–Kier alpha value is -0.820. The number of ether oxygens (including phenoxy) is 1. The molecule has 8 heteroatoms. The van der Waals surface area contributed by atoms with E-state index in [1.807, 2.05) is 0 Å². The molecule has 1 N–H and O–H groups in total. The predicted molar refractivity (Wildman–Crippen MR) is 76.7 cm³/mol. The van der Waals surface area contributed by atoms with Gasteiger partial charge in [-0.15, -0.1) is 0 Å². The zero-order chi connectivity index (χ0) is 14.8. The molecule has 0 saturated carbocycles. The van der Waals surface area contributed by atoms with Crippen molar-refractivity contribution in [3.8, 4) is 0 Å². The minimum Gasteiger partial charge on any atom is -0.381 e. The van der Waals surface area contributed by atoms with Crippen LogP contribution in [0.4, 0.5) is 5.69 Å². The summed E-state index contributed by atoms with van der Waals surface area (Å²) in [6.45, 7) is 1.07. The van der Waals surface area contributed by atoms with Crippen LogP contribution in [0.2, 0.25) is 5.02 Å². The highest BCUT2D eigenvalue weighted by Crippen LogP contribution is 2.28. The van der Waals surface area contributed by atoms with E-state index in [1.165, 1.54) is 18.2 Å². The van der Waals surface area contributed by atoms with Crippen molar-refractivity contribution in [3.05, 3.63) is 23.2 Å². The first kappa shape index (κ1) is 15.6. The van der Waals surface area contributed by atoms with E-state index in [9.17, 15) is 13.2 Å². The number of halogens is 2. The van der Waals surface area contributed by atoms with Crippen molar-refractivity contribution in [2.24, 2.45) is 5.92 Å². The van der Waals surface area contributed by atoms with Gasteiger partial charge in [-0.2, -0.15) is 0 Å². The van der Waals surface area contributed by atoms with Crippen LogP contribution in [0.15, 0.2) is 23.1 Å². The van der Waals surface area contributed by atoms with Crippen LogP contribution in [-0.4, -0.2) is 27.5 Å². The first-order valence-corrected chi connectivity index (χ1v) is 8.69. The Morgan fingerprint density at radius 2 is 2.15 bits per heavy atom. The first-order valence-electron chi connectivity index (χ1n) is 6.01. The van der Waals surface area contributed by atoms with Gasteiger partial charge in [0, 0.05) is 23.0 Å². The Bertz CT molecular complexity index is 612.